The van der Waals surface area contributed by atoms with Gasteiger partial charge < -0.3 is 15.0 Å². The number of halogens is 1. The lowest BCUT2D eigenvalue weighted by Crippen LogP contribution is -1.95. The molecular formula is C13H11FN4O. The van der Waals surface area contributed by atoms with Crippen molar-refractivity contribution in [1.82, 2.24) is 14.5 Å². The lowest BCUT2D eigenvalue weighted by molar-refractivity contribution is 0.432. The number of ether oxygens (including phenoxy) is 1. The van der Waals surface area contributed by atoms with Crippen LogP contribution in [0.15, 0.2) is 36.8 Å². The largest absolute Gasteiger partial charge is 0.435 e. The molecule has 0 spiro atoms. The van der Waals surface area contributed by atoms with Crippen LogP contribution in [0, 0.1) is 5.82 Å². The maximum atomic E-state index is 13.7. The van der Waals surface area contributed by atoms with E-state index >= 15 is 0 Å². The summed E-state index contributed by atoms with van der Waals surface area (Å²) in [5.74, 6) is -0.130. The van der Waals surface area contributed by atoms with E-state index in [1.165, 1.54) is 18.5 Å². The Balaban J connectivity index is 2.06. The van der Waals surface area contributed by atoms with E-state index in [0.717, 1.165) is 11.0 Å². The van der Waals surface area contributed by atoms with Gasteiger partial charge in [-0.05, 0) is 18.2 Å². The standard InChI is InChI=1S/C13H11FN4O/c1-18-5-4-9-12(18)16-7-17-13(9)19-11-3-2-8(15)6-10(11)14/h2-7H,15H2,1H3. The molecule has 3 aromatic rings. The number of nitrogens with zero attached hydrogens (tertiary/aromatic N) is 3. The van der Waals surface area contributed by atoms with Crippen LogP contribution in [-0.2, 0) is 7.05 Å². The van der Waals surface area contributed by atoms with Crippen LogP contribution < -0.4 is 10.5 Å². The van der Waals surface area contributed by atoms with E-state index in [-0.39, 0.29) is 5.75 Å². The van der Waals surface area contributed by atoms with Gasteiger partial charge in [0.25, 0.3) is 0 Å². The minimum absolute atomic E-state index is 0.0815. The molecule has 5 nitrogen and oxygen atoms in total. The Labute approximate surface area is 108 Å². The molecule has 0 radical (unpaired) electrons. The Morgan fingerprint density at radius 3 is 2.89 bits per heavy atom. The molecule has 0 saturated carbocycles. The topological polar surface area (TPSA) is 66.0 Å². The van der Waals surface area contributed by atoms with Gasteiger partial charge in [-0.1, -0.05) is 0 Å². The van der Waals surface area contributed by atoms with Crippen molar-refractivity contribution in [1.29, 1.82) is 0 Å². The fourth-order valence-electron chi connectivity index (χ4n) is 1.84. The van der Waals surface area contributed by atoms with Crippen LogP contribution in [0.5, 0.6) is 11.6 Å². The average Bonchev–Trinajstić information content (AvgIpc) is 2.76. The molecule has 96 valence electrons. The lowest BCUT2D eigenvalue weighted by Gasteiger charge is -2.07. The van der Waals surface area contributed by atoms with Crippen molar-refractivity contribution in [2.75, 3.05) is 5.73 Å². The van der Waals surface area contributed by atoms with Crippen LogP contribution in [0.2, 0.25) is 0 Å². The number of fused-ring (bicyclic) bond motifs is 1. The Hall–Kier alpha value is -2.63. The third-order valence-electron chi connectivity index (χ3n) is 2.79. The van der Waals surface area contributed by atoms with Crippen LogP contribution in [0.25, 0.3) is 11.0 Å². The van der Waals surface area contributed by atoms with Gasteiger partial charge in [-0.2, -0.15) is 0 Å². The second kappa shape index (κ2) is 4.24. The zero-order chi connectivity index (χ0) is 13.4. The first-order valence-corrected chi connectivity index (χ1v) is 5.64. The van der Waals surface area contributed by atoms with Crippen LogP contribution >= 0.6 is 0 Å². The second-order valence-corrected chi connectivity index (χ2v) is 4.13. The van der Waals surface area contributed by atoms with E-state index in [9.17, 15) is 4.39 Å². The zero-order valence-corrected chi connectivity index (χ0v) is 10.2. The molecule has 0 saturated heterocycles. The molecule has 2 heterocycles. The highest BCUT2D eigenvalue weighted by molar-refractivity contribution is 5.81. The predicted octanol–water partition coefficient (Wildman–Crippen LogP) is 2.48. The number of nitrogen functional groups attached to an aromatic ring is 1. The van der Waals surface area contributed by atoms with Crippen LogP contribution in [0.4, 0.5) is 10.1 Å². The second-order valence-electron chi connectivity index (χ2n) is 4.13. The normalized spacial score (nSPS) is 10.8. The van der Waals surface area contributed by atoms with Gasteiger partial charge in [0.1, 0.15) is 12.0 Å². The van der Waals surface area contributed by atoms with Gasteiger partial charge in [-0.15, -0.1) is 0 Å². The van der Waals surface area contributed by atoms with Crippen molar-refractivity contribution in [2.24, 2.45) is 7.05 Å². The summed E-state index contributed by atoms with van der Waals surface area (Å²) in [4.78, 5) is 8.17. The SMILES string of the molecule is Cn1ccc2c(Oc3ccc(N)cc3F)ncnc21. The Kier molecular flexibility index (Phi) is 2.56. The summed E-state index contributed by atoms with van der Waals surface area (Å²) in [6, 6.07) is 6.07. The minimum atomic E-state index is -0.525. The smallest absolute Gasteiger partial charge is 0.231 e. The van der Waals surface area contributed by atoms with E-state index in [4.69, 9.17) is 10.5 Å². The zero-order valence-electron chi connectivity index (χ0n) is 10.2. The molecule has 6 heteroatoms. The Morgan fingerprint density at radius 2 is 2.11 bits per heavy atom. The highest BCUT2D eigenvalue weighted by Crippen LogP contribution is 2.29. The highest BCUT2D eigenvalue weighted by Gasteiger charge is 2.11. The van der Waals surface area contributed by atoms with Gasteiger partial charge in [-0.3, -0.25) is 0 Å². The molecular weight excluding hydrogens is 247 g/mol. The average molecular weight is 258 g/mol. The first-order valence-electron chi connectivity index (χ1n) is 5.64. The molecule has 1 aromatic carbocycles. The molecule has 2 aromatic heterocycles. The maximum Gasteiger partial charge on any atom is 0.231 e. The van der Waals surface area contributed by atoms with Crippen LogP contribution in [0.3, 0.4) is 0 Å². The van der Waals surface area contributed by atoms with Gasteiger partial charge >= 0.3 is 0 Å². The summed E-state index contributed by atoms with van der Waals surface area (Å²) in [6.07, 6.45) is 3.22. The summed E-state index contributed by atoms with van der Waals surface area (Å²) < 4.78 is 21.0. The first kappa shape index (κ1) is 11.5. The van der Waals surface area contributed by atoms with Gasteiger partial charge in [0.05, 0.1) is 5.39 Å². The van der Waals surface area contributed by atoms with Crippen molar-refractivity contribution in [3.63, 3.8) is 0 Å². The molecule has 0 fully saturated rings. The van der Waals surface area contributed by atoms with Crippen molar-refractivity contribution in [2.45, 2.75) is 0 Å². The van der Waals surface area contributed by atoms with Crippen molar-refractivity contribution in [3.05, 3.63) is 42.6 Å². The van der Waals surface area contributed by atoms with E-state index in [2.05, 4.69) is 9.97 Å². The summed E-state index contributed by atoms with van der Waals surface area (Å²) in [7, 11) is 1.86. The minimum Gasteiger partial charge on any atom is -0.435 e. The third-order valence-corrected chi connectivity index (χ3v) is 2.79. The quantitative estimate of drug-likeness (QED) is 0.717. The summed E-state index contributed by atoms with van der Waals surface area (Å²) >= 11 is 0. The van der Waals surface area contributed by atoms with Crippen LogP contribution in [0.1, 0.15) is 0 Å². The Morgan fingerprint density at radius 1 is 1.26 bits per heavy atom. The number of benzene rings is 1. The van der Waals surface area contributed by atoms with Crippen molar-refractivity contribution >= 4 is 16.7 Å². The molecule has 0 unspecified atom stereocenters. The van der Waals surface area contributed by atoms with Gasteiger partial charge in [0.15, 0.2) is 11.6 Å². The molecule has 0 aliphatic rings. The molecule has 0 aliphatic carbocycles. The van der Waals surface area contributed by atoms with Crippen LogP contribution in [-0.4, -0.2) is 14.5 Å². The van der Waals surface area contributed by atoms with E-state index in [0.29, 0.717) is 11.6 Å². The third kappa shape index (κ3) is 1.97. The number of rotatable bonds is 2. The van der Waals surface area contributed by atoms with E-state index in [1.54, 1.807) is 6.07 Å². The molecule has 2 N–H and O–H groups in total. The fraction of sp³-hybridized carbons (Fsp3) is 0.0769. The van der Waals surface area contributed by atoms with Crippen molar-refractivity contribution < 1.29 is 9.13 Å². The highest BCUT2D eigenvalue weighted by atomic mass is 19.1. The molecule has 19 heavy (non-hydrogen) atoms. The van der Waals surface area contributed by atoms with Gasteiger partial charge in [0.2, 0.25) is 5.88 Å². The van der Waals surface area contributed by atoms with Gasteiger partial charge in [-0.25, -0.2) is 14.4 Å². The number of hydrogen-bond donors (Lipinski definition) is 1. The first-order chi connectivity index (χ1) is 9.15. The Bertz CT molecular complexity index is 753. The molecule has 0 bridgehead atoms. The predicted molar refractivity (Wildman–Crippen MR) is 69.4 cm³/mol. The number of hydrogen-bond acceptors (Lipinski definition) is 4. The lowest BCUT2D eigenvalue weighted by atomic mass is 10.3. The number of nitrogens with two attached hydrogens (primary N) is 1. The fourth-order valence-corrected chi connectivity index (χ4v) is 1.84. The molecule has 0 atom stereocenters. The summed E-state index contributed by atoms with van der Waals surface area (Å²) in [6.45, 7) is 0. The summed E-state index contributed by atoms with van der Waals surface area (Å²) in [5, 5.41) is 0.723. The monoisotopic (exact) mass is 258 g/mol. The number of aryl methyl sites for hydroxylation is 1. The molecule has 0 aliphatic heterocycles. The molecule has 0 amide bonds. The summed E-state index contributed by atoms with van der Waals surface area (Å²) in [5.41, 5.74) is 6.56. The van der Waals surface area contributed by atoms with E-state index < -0.39 is 5.82 Å². The maximum absolute atomic E-state index is 13.7. The molecule has 3 rings (SSSR count). The number of anilines is 1. The van der Waals surface area contributed by atoms with Gasteiger partial charge in [0, 0.05) is 25.0 Å². The van der Waals surface area contributed by atoms with E-state index in [1.807, 2.05) is 23.9 Å². The van der Waals surface area contributed by atoms with Crippen molar-refractivity contribution in [3.8, 4) is 11.6 Å². The number of aromatic nitrogens is 3.